The van der Waals surface area contributed by atoms with E-state index in [-0.39, 0.29) is 0 Å². The summed E-state index contributed by atoms with van der Waals surface area (Å²) < 4.78 is 5.55. The Balaban J connectivity index is 1.47. The van der Waals surface area contributed by atoms with Crippen molar-refractivity contribution >= 4 is 0 Å². The van der Waals surface area contributed by atoms with E-state index >= 15 is 0 Å². The zero-order chi connectivity index (χ0) is 16.4. The van der Waals surface area contributed by atoms with Gasteiger partial charge in [-0.3, -0.25) is 9.80 Å². The maximum absolute atomic E-state index is 9.36. The summed E-state index contributed by atoms with van der Waals surface area (Å²) in [5.74, 6) is 0.779. The van der Waals surface area contributed by atoms with Gasteiger partial charge in [0.1, 0.15) is 0 Å². The van der Waals surface area contributed by atoms with Gasteiger partial charge < -0.3 is 4.74 Å². The highest BCUT2D eigenvalue weighted by molar-refractivity contribution is 5.37. The Hall–Kier alpha value is -1.41. The maximum Gasteiger partial charge on any atom is 0.0995 e. The van der Waals surface area contributed by atoms with Gasteiger partial charge in [0.2, 0.25) is 0 Å². The average molecular weight is 325 g/mol. The minimum absolute atomic E-state index is 0.637. The van der Waals surface area contributed by atoms with Crippen molar-refractivity contribution in [1.82, 2.24) is 9.80 Å². The molecule has 0 aromatic heterocycles. The first-order valence-electron chi connectivity index (χ1n) is 9.37. The van der Waals surface area contributed by atoms with Gasteiger partial charge in [-0.1, -0.05) is 18.2 Å². The maximum atomic E-state index is 9.36. The molecule has 0 amide bonds. The molecule has 0 aliphatic carbocycles. The van der Waals surface area contributed by atoms with Crippen molar-refractivity contribution in [2.45, 2.75) is 44.3 Å². The Morgan fingerprint density at radius 1 is 1.00 bits per heavy atom. The van der Waals surface area contributed by atoms with Crippen LogP contribution in [0, 0.1) is 17.2 Å². The van der Waals surface area contributed by atoms with Crippen molar-refractivity contribution < 1.29 is 4.74 Å². The van der Waals surface area contributed by atoms with E-state index < -0.39 is 0 Å². The molecule has 4 nitrogen and oxygen atoms in total. The number of nitriles is 1. The second-order valence-corrected chi connectivity index (χ2v) is 7.59. The molecule has 1 aromatic rings. The second kappa shape index (κ2) is 7.23. The highest BCUT2D eigenvalue weighted by atomic mass is 16.5. The molecule has 2 bridgehead atoms. The summed E-state index contributed by atoms with van der Waals surface area (Å²) in [5, 5.41) is 9.36. The summed E-state index contributed by atoms with van der Waals surface area (Å²) in [7, 11) is 0. The van der Waals surface area contributed by atoms with Crippen molar-refractivity contribution in [1.29, 1.82) is 5.26 Å². The molecule has 24 heavy (non-hydrogen) atoms. The number of hydrogen-bond donors (Lipinski definition) is 0. The molecule has 4 fully saturated rings. The highest BCUT2D eigenvalue weighted by Crippen LogP contribution is 2.32. The molecule has 1 aromatic carbocycles. The Bertz CT molecular complexity index is 605. The molecule has 0 saturated carbocycles. The minimum atomic E-state index is 0.637. The van der Waals surface area contributed by atoms with Crippen LogP contribution in [-0.4, -0.2) is 54.7 Å². The van der Waals surface area contributed by atoms with Crippen LogP contribution in [0.4, 0.5) is 0 Å². The Morgan fingerprint density at radius 3 is 2.67 bits per heavy atom. The van der Waals surface area contributed by atoms with E-state index in [1.165, 1.54) is 50.9 Å². The first kappa shape index (κ1) is 16.1. The average Bonchev–Trinajstić information content (AvgIpc) is 2.95. The SMILES string of the molecule is N#Cc1ccccc1CN1C[C@H]2CC[C@@H]1CN(C1CCOCC1)C2. The summed E-state index contributed by atoms with van der Waals surface area (Å²) in [4.78, 5) is 5.39. The van der Waals surface area contributed by atoms with Crippen LogP contribution < -0.4 is 0 Å². The van der Waals surface area contributed by atoms with Gasteiger partial charge in [0.25, 0.3) is 0 Å². The molecule has 128 valence electrons. The Kier molecular flexibility index (Phi) is 4.84. The molecule has 0 spiro atoms. The van der Waals surface area contributed by atoms with Crippen LogP contribution in [0.2, 0.25) is 0 Å². The topological polar surface area (TPSA) is 39.5 Å². The van der Waals surface area contributed by atoms with Gasteiger partial charge in [-0.2, -0.15) is 5.26 Å². The molecule has 0 radical (unpaired) electrons. The summed E-state index contributed by atoms with van der Waals surface area (Å²) in [6.07, 6.45) is 5.05. The van der Waals surface area contributed by atoms with Gasteiger partial charge in [0.05, 0.1) is 11.6 Å². The van der Waals surface area contributed by atoms with E-state index in [1.54, 1.807) is 0 Å². The molecule has 5 rings (SSSR count). The van der Waals surface area contributed by atoms with Gasteiger partial charge in [-0.05, 0) is 43.2 Å². The molecular weight excluding hydrogens is 298 g/mol. The molecule has 0 unspecified atom stereocenters. The van der Waals surface area contributed by atoms with Gasteiger partial charge >= 0.3 is 0 Å². The number of nitrogens with zero attached hydrogens (tertiary/aromatic N) is 3. The van der Waals surface area contributed by atoms with Crippen molar-refractivity contribution in [3.05, 3.63) is 35.4 Å². The third-order valence-electron chi connectivity index (χ3n) is 6.07. The van der Waals surface area contributed by atoms with E-state index in [0.717, 1.165) is 31.2 Å². The van der Waals surface area contributed by atoms with Crippen LogP contribution in [0.1, 0.15) is 36.8 Å². The number of ether oxygens (including phenoxy) is 1. The first-order valence-corrected chi connectivity index (χ1v) is 9.37. The quantitative estimate of drug-likeness (QED) is 0.856. The van der Waals surface area contributed by atoms with E-state index in [4.69, 9.17) is 4.74 Å². The molecule has 4 aliphatic heterocycles. The minimum Gasteiger partial charge on any atom is -0.381 e. The zero-order valence-corrected chi connectivity index (χ0v) is 14.4. The van der Waals surface area contributed by atoms with Crippen molar-refractivity contribution in [2.24, 2.45) is 5.92 Å². The fourth-order valence-electron chi connectivity index (χ4n) is 4.74. The van der Waals surface area contributed by atoms with E-state index in [0.29, 0.717) is 12.1 Å². The molecule has 4 aliphatic rings. The lowest BCUT2D eigenvalue weighted by atomic mass is 9.94. The molecule has 4 saturated heterocycles. The fourth-order valence-corrected chi connectivity index (χ4v) is 4.74. The molecule has 2 atom stereocenters. The number of hydrogen-bond acceptors (Lipinski definition) is 4. The molecular formula is C20H27N3O. The molecule has 4 heterocycles. The summed E-state index contributed by atoms with van der Waals surface area (Å²) in [5.41, 5.74) is 2.02. The first-order chi connectivity index (χ1) is 11.8. The summed E-state index contributed by atoms with van der Waals surface area (Å²) >= 11 is 0. The normalized spacial score (nSPS) is 29.3. The lowest BCUT2D eigenvalue weighted by Crippen LogP contribution is -2.45. The smallest absolute Gasteiger partial charge is 0.0995 e. The number of benzene rings is 1. The predicted molar refractivity (Wildman–Crippen MR) is 93.5 cm³/mol. The standard InChI is InChI=1S/C20H27N3O/c21-11-17-3-1-2-4-18(17)14-22-12-16-5-6-20(22)15-23(13-16)19-7-9-24-10-8-19/h1-4,16,19-20H,5-10,12-15H2/t16-,20-/m1/s1. The Labute approximate surface area is 145 Å². The van der Waals surface area contributed by atoms with Crippen molar-refractivity contribution in [2.75, 3.05) is 32.8 Å². The van der Waals surface area contributed by atoms with E-state index in [2.05, 4.69) is 28.0 Å². The lowest BCUT2D eigenvalue weighted by Gasteiger charge is -2.37. The number of fused-ring (bicyclic) bond motifs is 4. The molecule has 4 heteroatoms. The largest absolute Gasteiger partial charge is 0.381 e. The molecule has 0 N–H and O–H groups in total. The van der Waals surface area contributed by atoms with Crippen LogP contribution in [0.3, 0.4) is 0 Å². The summed E-state index contributed by atoms with van der Waals surface area (Å²) in [6.45, 7) is 6.40. The second-order valence-electron chi connectivity index (χ2n) is 7.59. The van der Waals surface area contributed by atoms with Gasteiger partial charge in [0, 0.05) is 51.5 Å². The van der Waals surface area contributed by atoms with Crippen LogP contribution in [-0.2, 0) is 11.3 Å². The Morgan fingerprint density at radius 2 is 1.83 bits per heavy atom. The van der Waals surface area contributed by atoms with Crippen LogP contribution in [0.25, 0.3) is 0 Å². The third-order valence-corrected chi connectivity index (χ3v) is 6.07. The van der Waals surface area contributed by atoms with Crippen LogP contribution >= 0.6 is 0 Å². The monoisotopic (exact) mass is 325 g/mol. The predicted octanol–water partition coefficient (Wildman–Crippen LogP) is 2.63. The van der Waals surface area contributed by atoms with Crippen LogP contribution in [0.5, 0.6) is 0 Å². The number of rotatable bonds is 3. The van der Waals surface area contributed by atoms with Crippen molar-refractivity contribution in [3.63, 3.8) is 0 Å². The zero-order valence-electron chi connectivity index (χ0n) is 14.4. The van der Waals surface area contributed by atoms with Gasteiger partial charge in [-0.25, -0.2) is 0 Å². The third kappa shape index (κ3) is 3.35. The van der Waals surface area contributed by atoms with Gasteiger partial charge in [0.15, 0.2) is 0 Å². The summed E-state index contributed by atoms with van der Waals surface area (Å²) in [6, 6.07) is 11.8. The van der Waals surface area contributed by atoms with Crippen LogP contribution in [0.15, 0.2) is 24.3 Å². The van der Waals surface area contributed by atoms with Crippen molar-refractivity contribution in [3.8, 4) is 6.07 Å². The fraction of sp³-hybridized carbons (Fsp3) is 0.650. The number of piperidine rings is 1. The van der Waals surface area contributed by atoms with E-state index in [9.17, 15) is 5.26 Å². The van der Waals surface area contributed by atoms with E-state index in [1.807, 2.05) is 12.1 Å². The van der Waals surface area contributed by atoms with Gasteiger partial charge in [-0.15, -0.1) is 0 Å². The highest BCUT2D eigenvalue weighted by Gasteiger charge is 2.37. The lowest BCUT2D eigenvalue weighted by molar-refractivity contribution is 0.0307.